The number of amides is 3. The highest BCUT2D eigenvalue weighted by molar-refractivity contribution is 6.05. The zero-order chi connectivity index (χ0) is 24.6. The lowest BCUT2D eigenvalue weighted by Crippen LogP contribution is -2.23. The third-order valence-electron chi connectivity index (χ3n) is 5.26. The van der Waals surface area contributed by atoms with Gasteiger partial charge in [-0.25, -0.2) is 0 Å². The van der Waals surface area contributed by atoms with Crippen molar-refractivity contribution in [2.24, 2.45) is 0 Å². The van der Waals surface area contributed by atoms with Crippen LogP contribution in [0, 0.1) is 6.92 Å². The third kappa shape index (κ3) is 6.39. The molecule has 3 N–H and O–H groups in total. The highest BCUT2D eigenvalue weighted by Crippen LogP contribution is 2.15. The van der Waals surface area contributed by atoms with E-state index in [1.54, 1.807) is 60.8 Å². The molecule has 0 bridgehead atoms. The second kappa shape index (κ2) is 10.9. The lowest BCUT2D eigenvalue weighted by Gasteiger charge is -2.10. The van der Waals surface area contributed by atoms with E-state index in [0.717, 1.165) is 11.1 Å². The van der Waals surface area contributed by atoms with Gasteiger partial charge < -0.3 is 16.0 Å². The Labute approximate surface area is 203 Å². The van der Waals surface area contributed by atoms with Crippen LogP contribution < -0.4 is 16.0 Å². The molecule has 0 radical (unpaired) electrons. The van der Waals surface area contributed by atoms with Crippen molar-refractivity contribution in [3.05, 3.63) is 125 Å². The SMILES string of the molecule is Cc1ccc(C(=O)Nc2cccc(CNC(=O)c3cccc(NC(=O)c4cccnc4)c3)c2)cc1. The number of pyridine rings is 1. The molecule has 0 saturated heterocycles. The average Bonchev–Trinajstić information content (AvgIpc) is 2.88. The lowest BCUT2D eigenvalue weighted by atomic mass is 10.1. The molecule has 174 valence electrons. The first-order valence-electron chi connectivity index (χ1n) is 11.0. The van der Waals surface area contributed by atoms with Gasteiger partial charge in [0.25, 0.3) is 17.7 Å². The van der Waals surface area contributed by atoms with Crippen LogP contribution in [-0.2, 0) is 6.54 Å². The molecule has 0 aliphatic rings. The average molecular weight is 465 g/mol. The van der Waals surface area contributed by atoms with Crippen molar-refractivity contribution in [1.29, 1.82) is 0 Å². The highest BCUT2D eigenvalue weighted by Gasteiger charge is 2.10. The monoisotopic (exact) mass is 464 g/mol. The minimum Gasteiger partial charge on any atom is -0.348 e. The van der Waals surface area contributed by atoms with E-state index in [4.69, 9.17) is 0 Å². The summed E-state index contributed by atoms with van der Waals surface area (Å²) < 4.78 is 0. The Morgan fingerprint density at radius 1 is 0.686 bits per heavy atom. The Morgan fingerprint density at radius 2 is 1.34 bits per heavy atom. The van der Waals surface area contributed by atoms with E-state index < -0.39 is 0 Å². The molecule has 1 heterocycles. The zero-order valence-electron chi connectivity index (χ0n) is 19.1. The van der Waals surface area contributed by atoms with Gasteiger partial charge >= 0.3 is 0 Å². The van der Waals surface area contributed by atoms with E-state index in [-0.39, 0.29) is 24.3 Å². The fraction of sp³-hybridized carbons (Fsp3) is 0.0714. The smallest absolute Gasteiger partial charge is 0.257 e. The van der Waals surface area contributed by atoms with E-state index in [1.807, 2.05) is 37.3 Å². The van der Waals surface area contributed by atoms with Crippen LogP contribution in [0.1, 0.15) is 42.2 Å². The molecule has 1 aromatic heterocycles. The summed E-state index contributed by atoms with van der Waals surface area (Å²) in [5.41, 5.74) is 4.48. The maximum Gasteiger partial charge on any atom is 0.257 e. The Morgan fingerprint density at radius 3 is 2.06 bits per heavy atom. The number of benzene rings is 3. The Hall–Kier alpha value is -4.78. The summed E-state index contributed by atoms with van der Waals surface area (Å²) in [6.07, 6.45) is 3.07. The predicted octanol–water partition coefficient (Wildman–Crippen LogP) is 4.82. The molecular weight excluding hydrogens is 440 g/mol. The Bertz CT molecular complexity index is 1350. The summed E-state index contributed by atoms with van der Waals surface area (Å²) in [5.74, 6) is -0.784. The van der Waals surface area contributed by atoms with E-state index in [9.17, 15) is 14.4 Å². The van der Waals surface area contributed by atoms with Crippen LogP contribution >= 0.6 is 0 Å². The summed E-state index contributed by atoms with van der Waals surface area (Å²) in [6, 6.07) is 24.7. The van der Waals surface area contributed by atoms with Gasteiger partial charge in [0.05, 0.1) is 5.56 Å². The summed E-state index contributed by atoms with van der Waals surface area (Å²) in [6.45, 7) is 2.24. The van der Waals surface area contributed by atoms with Gasteiger partial charge in [-0.1, -0.05) is 35.9 Å². The number of aryl methyl sites for hydroxylation is 1. The standard InChI is InChI=1S/C28H24N4O3/c1-19-10-12-21(13-11-19)27(34)31-24-8-2-5-20(15-24)17-30-26(33)22-6-3-9-25(16-22)32-28(35)23-7-4-14-29-18-23/h2-16,18H,17H2,1H3,(H,30,33)(H,31,34)(H,32,35). The molecule has 0 aliphatic heterocycles. The normalized spacial score (nSPS) is 10.3. The number of rotatable bonds is 7. The van der Waals surface area contributed by atoms with Crippen LogP contribution in [0.5, 0.6) is 0 Å². The third-order valence-corrected chi connectivity index (χ3v) is 5.26. The topological polar surface area (TPSA) is 100 Å². The molecule has 4 rings (SSSR count). The quantitative estimate of drug-likeness (QED) is 0.365. The number of nitrogens with one attached hydrogen (secondary N) is 3. The van der Waals surface area contributed by atoms with E-state index in [0.29, 0.717) is 28.1 Å². The molecule has 3 aromatic carbocycles. The molecule has 7 heteroatoms. The van der Waals surface area contributed by atoms with Crippen molar-refractivity contribution >= 4 is 29.1 Å². The second-order valence-corrected chi connectivity index (χ2v) is 7.98. The first kappa shape index (κ1) is 23.4. The van der Waals surface area contributed by atoms with Crippen LogP contribution in [0.4, 0.5) is 11.4 Å². The highest BCUT2D eigenvalue weighted by atomic mass is 16.2. The molecule has 0 unspecified atom stereocenters. The van der Waals surface area contributed by atoms with Gasteiger partial charge in [0.2, 0.25) is 0 Å². The number of carbonyl (C=O) groups is 3. The number of hydrogen-bond acceptors (Lipinski definition) is 4. The lowest BCUT2D eigenvalue weighted by molar-refractivity contribution is 0.0948. The number of anilines is 2. The maximum atomic E-state index is 12.7. The number of hydrogen-bond donors (Lipinski definition) is 3. The van der Waals surface area contributed by atoms with Gasteiger partial charge in [0, 0.05) is 41.4 Å². The maximum absolute atomic E-state index is 12.7. The zero-order valence-corrected chi connectivity index (χ0v) is 19.1. The number of carbonyl (C=O) groups excluding carboxylic acids is 3. The summed E-state index contributed by atoms with van der Waals surface area (Å²) in [4.78, 5) is 41.4. The van der Waals surface area contributed by atoms with Crippen LogP contribution in [0.2, 0.25) is 0 Å². The van der Waals surface area contributed by atoms with Gasteiger partial charge in [0.15, 0.2) is 0 Å². The molecule has 3 amide bonds. The summed E-state index contributed by atoms with van der Waals surface area (Å²) in [7, 11) is 0. The van der Waals surface area contributed by atoms with Gasteiger partial charge in [-0.15, -0.1) is 0 Å². The van der Waals surface area contributed by atoms with Crippen LogP contribution in [0.25, 0.3) is 0 Å². The summed E-state index contributed by atoms with van der Waals surface area (Å²) >= 11 is 0. The molecule has 0 fully saturated rings. The first-order valence-corrected chi connectivity index (χ1v) is 11.0. The molecule has 7 nitrogen and oxygen atoms in total. The van der Waals surface area contributed by atoms with Crippen LogP contribution in [0.15, 0.2) is 97.3 Å². The number of aromatic nitrogens is 1. The molecule has 0 spiro atoms. The largest absolute Gasteiger partial charge is 0.348 e. The van der Waals surface area contributed by atoms with Crippen molar-refractivity contribution in [1.82, 2.24) is 10.3 Å². The van der Waals surface area contributed by atoms with Crippen molar-refractivity contribution in [2.75, 3.05) is 10.6 Å². The Kier molecular flexibility index (Phi) is 7.28. The molecule has 0 atom stereocenters. The van der Waals surface area contributed by atoms with Gasteiger partial charge in [-0.2, -0.15) is 0 Å². The first-order chi connectivity index (χ1) is 17.0. The van der Waals surface area contributed by atoms with Crippen molar-refractivity contribution < 1.29 is 14.4 Å². The van der Waals surface area contributed by atoms with Crippen LogP contribution in [-0.4, -0.2) is 22.7 Å². The number of nitrogens with zero attached hydrogens (tertiary/aromatic N) is 1. The van der Waals surface area contributed by atoms with E-state index in [2.05, 4.69) is 20.9 Å². The van der Waals surface area contributed by atoms with Crippen LogP contribution in [0.3, 0.4) is 0 Å². The van der Waals surface area contributed by atoms with Crippen molar-refractivity contribution in [2.45, 2.75) is 13.5 Å². The molecule has 4 aromatic rings. The second-order valence-electron chi connectivity index (χ2n) is 7.98. The molecule has 0 aliphatic carbocycles. The minimum atomic E-state index is -0.305. The minimum absolute atomic E-state index is 0.198. The molecule has 35 heavy (non-hydrogen) atoms. The predicted molar refractivity (Wildman–Crippen MR) is 135 cm³/mol. The fourth-order valence-electron chi connectivity index (χ4n) is 3.39. The molecule has 0 saturated carbocycles. The van der Waals surface area contributed by atoms with Crippen molar-refractivity contribution in [3.8, 4) is 0 Å². The Balaban J connectivity index is 1.35. The van der Waals surface area contributed by atoms with E-state index in [1.165, 1.54) is 6.20 Å². The van der Waals surface area contributed by atoms with Crippen molar-refractivity contribution in [3.63, 3.8) is 0 Å². The van der Waals surface area contributed by atoms with Gasteiger partial charge in [-0.3, -0.25) is 19.4 Å². The molecular formula is C28H24N4O3. The van der Waals surface area contributed by atoms with Gasteiger partial charge in [0.1, 0.15) is 0 Å². The van der Waals surface area contributed by atoms with Gasteiger partial charge in [-0.05, 0) is 67.1 Å². The van der Waals surface area contributed by atoms with E-state index >= 15 is 0 Å². The summed E-state index contributed by atoms with van der Waals surface area (Å²) in [5, 5.41) is 8.52. The fourth-order valence-corrected chi connectivity index (χ4v) is 3.39.